The summed E-state index contributed by atoms with van der Waals surface area (Å²) in [5.41, 5.74) is 0.812. The molecule has 0 spiro atoms. The topological polar surface area (TPSA) is 50.4 Å². The Morgan fingerprint density at radius 2 is 2.16 bits per heavy atom. The fourth-order valence-corrected chi connectivity index (χ4v) is 2.95. The molecule has 2 unspecified atom stereocenters. The third-order valence-corrected chi connectivity index (χ3v) is 3.95. The van der Waals surface area contributed by atoms with Gasteiger partial charge in [0.15, 0.2) is 0 Å². The first-order chi connectivity index (χ1) is 9.08. The van der Waals surface area contributed by atoms with Gasteiger partial charge in [0.2, 0.25) is 5.91 Å². The van der Waals surface area contributed by atoms with Gasteiger partial charge in [-0.3, -0.25) is 10.1 Å². The van der Waals surface area contributed by atoms with Gasteiger partial charge < -0.3 is 10.1 Å². The fraction of sp³-hybridized carbons (Fsp3) is 0.533. The molecule has 1 aromatic rings. The third-order valence-electron chi connectivity index (χ3n) is 3.95. The highest BCUT2D eigenvalue weighted by Gasteiger charge is 2.42. The summed E-state index contributed by atoms with van der Waals surface area (Å²) in [7, 11) is 0. The van der Waals surface area contributed by atoms with E-state index in [-0.39, 0.29) is 23.6 Å². The lowest BCUT2D eigenvalue weighted by Crippen LogP contribution is -2.52. The lowest BCUT2D eigenvalue weighted by molar-refractivity contribution is -0.125. The number of hydrogen-bond donors (Lipinski definition) is 2. The summed E-state index contributed by atoms with van der Waals surface area (Å²) in [5, 5.41) is 6.39. The maximum atomic E-state index is 11.9. The molecule has 0 saturated carbocycles. The van der Waals surface area contributed by atoms with Gasteiger partial charge in [0.05, 0.1) is 12.1 Å². The number of amides is 1. The van der Waals surface area contributed by atoms with Crippen LogP contribution in [-0.4, -0.2) is 24.1 Å². The molecule has 1 saturated heterocycles. The van der Waals surface area contributed by atoms with E-state index in [1.165, 1.54) is 0 Å². The molecular weight excluding hydrogens is 240 g/mol. The molecule has 2 aliphatic heterocycles. The van der Waals surface area contributed by atoms with E-state index < -0.39 is 0 Å². The van der Waals surface area contributed by atoms with Gasteiger partial charge in [-0.15, -0.1) is 0 Å². The lowest BCUT2D eigenvalue weighted by atomic mass is 9.92. The summed E-state index contributed by atoms with van der Waals surface area (Å²) >= 11 is 0. The molecule has 1 amide bonds. The van der Waals surface area contributed by atoms with Gasteiger partial charge in [0.1, 0.15) is 11.4 Å². The molecule has 2 heterocycles. The average Bonchev–Trinajstić information content (AvgIpc) is 2.63. The number of nitrogens with one attached hydrogen (secondary N) is 2. The second-order valence-corrected chi connectivity index (χ2v) is 5.83. The highest BCUT2D eigenvalue weighted by Crippen LogP contribution is 2.43. The molecule has 4 nitrogen and oxygen atoms in total. The SMILES string of the molecule is CC1(C)Oc2ccccc2C1NC1CCCNC1=O. The lowest BCUT2D eigenvalue weighted by Gasteiger charge is -2.32. The number of carbonyl (C=O) groups is 1. The van der Waals surface area contributed by atoms with Crippen molar-refractivity contribution >= 4 is 5.91 Å². The van der Waals surface area contributed by atoms with Crippen LogP contribution in [0, 0.1) is 0 Å². The molecule has 4 heteroatoms. The van der Waals surface area contributed by atoms with Crippen molar-refractivity contribution in [3.05, 3.63) is 29.8 Å². The van der Waals surface area contributed by atoms with Crippen LogP contribution in [0.15, 0.2) is 24.3 Å². The Morgan fingerprint density at radius 3 is 2.95 bits per heavy atom. The minimum absolute atomic E-state index is 0.0533. The number of para-hydroxylation sites is 1. The van der Waals surface area contributed by atoms with Crippen LogP contribution in [0.4, 0.5) is 0 Å². The molecule has 19 heavy (non-hydrogen) atoms. The summed E-state index contributed by atoms with van der Waals surface area (Å²) in [5.74, 6) is 1.02. The number of fused-ring (bicyclic) bond motifs is 1. The summed E-state index contributed by atoms with van der Waals surface area (Å²) in [6.07, 6.45) is 1.92. The van der Waals surface area contributed by atoms with Gasteiger partial charge in [-0.2, -0.15) is 0 Å². The van der Waals surface area contributed by atoms with Crippen molar-refractivity contribution in [2.75, 3.05) is 6.54 Å². The predicted molar refractivity (Wildman–Crippen MR) is 73.1 cm³/mol. The van der Waals surface area contributed by atoms with Crippen LogP contribution in [0.3, 0.4) is 0 Å². The number of rotatable bonds is 2. The van der Waals surface area contributed by atoms with Crippen LogP contribution < -0.4 is 15.4 Å². The Labute approximate surface area is 113 Å². The van der Waals surface area contributed by atoms with Gasteiger partial charge in [0.25, 0.3) is 0 Å². The quantitative estimate of drug-likeness (QED) is 0.852. The minimum atomic E-state index is -0.332. The van der Waals surface area contributed by atoms with Crippen molar-refractivity contribution in [1.29, 1.82) is 0 Å². The number of benzene rings is 1. The van der Waals surface area contributed by atoms with Crippen LogP contribution in [-0.2, 0) is 4.79 Å². The monoisotopic (exact) mass is 260 g/mol. The minimum Gasteiger partial charge on any atom is -0.486 e. The van der Waals surface area contributed by atoms with E-state index in [0.717, 1.165) is 30.7 Å². The van der Waals surface area contributed by atoms with E-state index in [1.54, 1.807) is 0 Å². The van der Waals surface area contributed by atoms with Crippen molar-refractivity contribution in [2.24, 2.45) is 0 Å². The fourth-order valence-electron chi connectivity index (χ4n) is 2.95. The van der Waals surface area contributed by atoms with Gasteiger partial charge >= 0.3 is 0 Å². The summed E-state index contributed by atoms with van der Waals surface area (Å²) in [4.78, 5) is 11.9. The number of hydrogen-bond acceptors (Lipinski definition) is 3. The molecule has 0 aliphatic carbocycles. The molecule has 2 aliphatic rings. The molecule has 3 rings (SSSR count). The van der Waals surface area contributed by atoms with Crippen molar-refractivity contribution < 1.29 is 9.53 Å². The molecule has 0 aromatic heterocycles. The third kappa shape index (κ3) is 2.21. The van der Waals surface area contributed by atoms with Crippen molar-refractivity contribution in [2.45, 2.75) is 44.4 Å². The van der Waals surface area contributed by atoms with E-state index in [1.807, 2.05) is 18.2 Å². The number of carbonyl (C=O) groups excluding carboxylic acids is 1. The first-order valence-electron chi connectivity index (χ1n) is 6.89. The van der Waals surface area contributed by atoms with Crippen LogP contribution in [0.1, 0.15) is 38.3 Å². The Balaban J connectivity index is 1.84. The normalized spacial score (nSPS) is 28.4. The summed E-state index contributed by atoms with van der Waals surface area (Å²) in [6, 6.07) is 7.98. The molecule has 2 atom stereocenters. The van der Waals surface area contributed by atoms with Crippen LogP contribution in [0.5, 0.6) is 5.75 Å². The molecular formula is C15H20N2O2. The van der Waals surface area contributed by atoms with E-state index >= 15 is 0 Å². The molecule has 2 N–H and O–H groups in total. The summed E-state index contributed by atoms with van der Waals surface area (Å²) < 4.78 is 5.99. The molecule has 0 bridgehead atoms. The first-order valence-corrected chi connectivity index (χ1v) is 6.89. The first kappa shape index (κ1) is 12.5. The van der Waals surface area contributed by atoms with Gasteiger partial charge in [0, 0.05) is 12.1 Å². The number of ether oxygens (including phenoxy) is 1. The van der Waals surface area contributed by atoms with E-state index in [2.05, 4.69) is 30.5 Å². The Kier molecular flexibility index (Phi) is 2.97. The van der Waals surface area contributed by atoms with Crippen molar-refractivity contribution in [1.82, 2.24) is 10.6 Å². The van der Waals surface area contributed by atoms with Crippen molar-refractivity contribution in [3.8, 4) is 5.75 Å². The largest absolute Gasteiger partial charge is 0.486 e. The van der Waals surface area contributed by atoms with Gasteiger partial charge in [-0.1, -0.05) is 18.2 Å². The van der Waals surface area contributed by atoms with Crippen LogP contribution in [0.2, 0.25) is 0 Å². The van der Waals surface area contributed by atoms with E-state index in [9.17, 15) is 4.79 Å². The van der Waals surface area contributed by atoms with E-state index in [0.29, 0.717) is 0 Å². The highest BCUT2D eigenvalue weighted by atomic mass is 16.5. The molecule has 1 aromatic carbocycles. The number of piperidine rings is 1. The molecule has 0 radical (unpaired) electrons. The maximum absolute atomic E-state index is 11.9. The van der Waals surface area contributed by atoms with E-state index in [4.69, 9.17) is 4.74 Å². The van der Waals surface area contributed by atoms with Crippen LogP contribution >= 0.6 is 0 Å². The zero-order chi connectivity index (χ0) is 13.5. The standard InChI is InChI=1S/C15H20N2O2/c1-15(2)13(10-6-3-4-8-12(10)19-15)17-11-7-5-9-16-14(11)18/h3-4,6,8,11,13,17H,5,7,9H2,1-2H3,(H,16,18). The zero-order valence-corrected chi connectivity index (χ0v) is 11.4. The molecule has 102 valence electrons. The van der Waals surface area contributed by atoms with Crippen LogP contribution in [0.25, 0.3) is 0 Å². The second kappa shape index (κ2) is 4.53. The Hall–Kier alpha value is -1.55. The zero-order valence-electron chi connectivity index (χ0n) is 11.4. The maximum Gasteiger partial charge on any atom is 0.237 e. The van der Waals surface area contributed by atoms with Gasteiger partial charge in [-0.05, 0) is 32.8 Å². The smallest absolute Gasteiger partial charge is 0.237 e. The predicted octanol–water partition coefficient (Wildman–Crippen LogP) is 1.77. The van der Waals surface area contributed by atoms with Crippen molar-refractivity contribution in [3.63, 3.8) is 0 Å². The van der Waals surface area contributed by atoms with Gasteiger partial charge in [-0.25, -0.2) is 0 Å². The summed E-state index contributed by atoms with van der Waals surface area (Å²) in [6.45, 7) is 4.91. The Morgan fingerprint density at radius 1 is 1.37 bits per heavy atom. The molecule has 1 fully saturated rings. The second-order valence-electron chi connectivity index (χ2n) is 5.83. The highest BCUT2D eigenvalue weighted by molar-refractivity contribution is 5.82. The average molecular weight is 260 g/mol. The Bertz CT molecular complexity index is 499.